The van der Waals surface area contributed by atoms with E-state index in [2.05, 4.69) is 5.32 Å². The molecule has 2 amide bonds. The van der Waals surface area contributed by atoms with Crippen LogP contribution in [-0.4, -0.2) is 53.0 Å². The number of rotatable bonds is 7. The highest BCUT2D eigenvalue weighted by molar-refractivity contribution is 5.68. The third-order valence-electron chi connectivity index (χ3n) is 4.77. The normalized spacial score (nSPS) is 20.8. The predicted molar refractivity (Wildman–Crippen MR) is 96.8 cm³/mol. The molecule has 1 atom stereocenters. The van der Waals surface area contributed by atoms with E-state index >= 15 is 0 Å². The monoisotopic (exact) mass is 364 g/mol. The van der Waals surface area contributed by atoms with Gasteiger partial charge in [0.15, 0.2) is 0 Å². The summed E-state index contributed by atoms with van der Waals surface area (Å²) in [6, 6.07) is 9.03. The number of nitrogens with zero attached hydrogens (tertiary/aromatic N) is 1. The van der Waals surface area contributed by atoms with Crippen molar-refractivity contribution in [1.82, 2.24) is 10.2 Å². The highest BCUT2D eigenvalue weighted by Gasteiger charge is 2.25. The highest BCUT2D eigenvalue weighted by atomic mass is 16.6. The lowest BCUT2D eigenvalue weighted by Crippen LogP contribution is -2.45. The average Bonchev–Trinajstić information content (AvgIpc) is 2.62. The van der Waals surface area contributed by atoms with E-state index in [1.807, 2.05) is 30.3 Å². The minimum absolute atomic E-state index is 0.182. The zero-order valence-corrected chi connectivity index (χ0v) is 15.1. The van der Waals surface area contributed by atoms with Crippen molar-refractivity contribution in [3.63, 3.8) is 0 Å². The molecule has 1 aromatic carbocycles. The van der Waals surface area contributed by atoms with Gasteiger partial charge in [0.25, 0.3) is 0 Å². The van der Waals surface area contributed by atoms with Crippen molar-refractivity contribution in [3.05, 3.63) is 35.9 Å². The molecule has 0 heterocycles. The number of ether oxygens (including phenoxy) is 1. The molecule has 0 aromatic heterocycles. The first-order chi connectivity index (χ1) is 12.4. The third kappa shape index (κ3) is 6.92. The molecule has 0 saturated heterocycles. The van der Waals surface area contributed by atoms with Crippen molar-refractivity contribution >= 4 is 12.2 Å². The van der Waals surface area contributed by atoms with Crippen molar-refractivity contribution in [1.29, 1.82) is 0 Å². The van der Waals surface area contributed by atoms with Crippen molar-refractivity contribution in [2.75, 3.05) is 13.6 Å². The number of nitrogens with one attached hydrogen (secondary N) is 1. The van der Waals surface area contributed by atoms with Crippen molar-refractivity contribution in [2.45, 2.75) is 50.9 Å². The highest BCUT2D eigenvalue weighted by Crippen LogP contribution is 2.28. The van der Waals surface area contributed by atoms with E-state index in [0.29, 0.717) is 12.3 Å². The van der Waals surface area contributed by atoms with Crippen LogP contribution in [-0.2, 0) is 11.3 Å². The molecule has 1 aliphatic carbocycles. The van der Waals surface area contributed by atoms with Gasteiger partial charge in [-0.15, -0.1) is 0 Å². The number of aliphatic hydroxyl groups is 1. The van der Waals surface area contributed by atoms with Crippen molar-refractivity contribution in [3.8, 4) is 0 Å². The van der Waals surface area contributed by atoms with Crippen LogP contribution in [0, 0.1) is 5.92 Å². The van der Waals surface area contributed by atoms with E-state index in [9.17, 15) is 14.7 Å². The summed E-state index contributed by atoms with van der Waals surface area (Å²) >= 11 is 0. The van der Waals surface area contributed by atoms with Gasteiger partial charge >= 0.3 is 12.2 Å². The van der Waals surface area contributed by atoms with E-state index < -0.39 is 12.2 Å². The van der Waals surface area contributed by atoms with Crippen LogP contribution in [0.25, 0.3) is 0 Å². The van der Waals surface area contributed by atoms with Crippen LogP contribution in [0.5, 0.6) is 0 Å². The van der Waals surface area contributed by atoms with Gasteiger partial charge in [-0.3, -0.25) is 0 Å². The SMILES string of the molecule is CN(C[C@H](C[C@H]1CC[C@H](O)CC1)NC(=O)O)C(=O)OCc1ccccc1. The van der Waals surface area contributed by atoms with Crippen molar-refractivity contribution in [2.24, 2.45) is 5.92 Å². The Balaban J connectivity index is 1.83. The van der Waals surface area contributed by atoms with E-state index in [1.165, 1.54) is 4.90 Å². The molecule has 0 radical (unpaired) electrons. The second-order valence-corrected chi connectivity index (χ2v) is 6.98. The summed E-state index contributed by atoms with van der Waals surface area (Å²) < 4.78 is 5.28. The van der Waals surface area contributed by atoms with E-state index in [1.54, 1.807) is 7.05 Å². The molecule has 144 valence electrons. The molecule has 1 aromatic rings. The smallest absolute Gasteiger partial charge is 0.409 e. The Morgan fingerprint density at radius 2 is 1.88 bits per heavy atom. The van der Waals surface area contributed by atoms with Gasteiger partial charge in [0.05, 0.1) is 12.1 Å². The minimum atomic E-state index is -1.10. The zero-order chi connectivity index (χ0) is 18.9. The van der Waals surface area contributed by atoms with Crippen LogP contribution >= 0.6 is 0 Å². The van der Waals surface area contributed by atoms with Crippen LogP contribution < -0.4 is 5.32 Å². The Morgan fingerprint density at radius 3 is 2.50 bits per heavy atom. The maximum atomic E-state index is 12.2. The maximum absolute atomic E-state index is 12.2. The molecule has 7 heteroatoms. The predicted octanol–water partition coefficient (Wildman–Crippen LogP) is 2.83. The molecule has 0 spiro atoms. The molecule has 2 rings (SSSR count). The van der Waals surface area contributed by atoms with Gasteiger partial charge < -0.3 is 25.2 Å². The van der Waals surface area contributed by atoms with Gasteiger partial charge in [-0.1, -0.05) is 30.3 Å². The van der Waals surface area contributed by atoms with Crippen LogP contribution in [0.2, 0.25) is 0 Å². The number of benzene rings is 1. The Hall–Kier alpha value is -2.28. The summed E-state index contributed by atoms with van der Waals surface area (Å²) in [4.78, 5) is 24.7. The van der Waals surface area contributed by atoms with Crippen LogP contribution in [0.1, 0.15) is 37.7 Å². The van der Waals surface area contributed by atoms with Gasteiger partial charge in [-0.25, -0.2) is 9.59 Å². The lowest BCUT2D eigenvalue weighted by molar-refractivity contribution is 0.0911. The molecule has 1 saturated carbocycles. The summed E-state index contributed by atoms with van der Waals surface area (Å²) in [6.07, 6.45) is 2.07. The lowest BCUT2D eigenvalue weighted by Gasteiger charge is -2.30. The van der Waals surface area contributed by atoms with E-state index in [0.717, 1.165) is 31.2 Å². The standard InChI is InChI=1S/C19H28N2O5/c1-21(19(25)26-13-15-5-3-2-4-6-15)12-16(20-18(23)24)11-14-7-9-17(22)10-8-14/h2-6,14,16-17,20,22H,7-13H2,1H3,(H,23,24)/t14-,16-,17-/m0/s1. The Bertz CT molecular complexity index is 573. The van der Waals surface area contributed by atoms with Crippen LogP contribution in [0.15, 0.2) is 30.3 Å². The molecule has 3 N–H and O–H groups in total. The molecule has 0 aliphatic heterocycles. The van der Waals surface area contributed by atoms with Gasteiger partial charge in [0.1, 0.15) is 6.61 Å². The van der Waals surface area contributed by atoms with E-state index in [-0.39, 0.29) is 25.3 Å². The zero-order valence-electron chi connectivity index (χ0n) is 15.1. The van der Waals surface area contributed by atoms with Crippen molar-refractivity contribution < 1.29 is 24.5 Å². The van der Waals surface area contributed by atoms with Gasteiger partial charge in [0.2, 0.25) is 0 Å². The summed E-state index contributed by atoms with van der Waals surface area (Å²) in [5.41, 5.74) is 0.898. The molecular formula is C19H28N2O5. The second kappa shape index (κ2) is 10.0. The second-order valence-electron chi connectivity index (χ2n) is 6.98. The summed E-state index contributed by atoms with van der Waals surface area (Å²) in [7, 11) is 1.61. The number of carbonyl (C=O) groups is 2. The summed E-state index contributed by atoms with van der Waals surface area (Å²) in [5.74, 6) is 0.351. The van der Waals surface area contributed by atoms with Gasteiger partial charge in [-0.2, -0.15) is 0 Å². The molecular weight excluding hydrogens is 336 g/mol. The maximum Gasteiger partial charge on any atom is 0.409 e. The van der Waals surface area contributed by atoms with Crippen LogP contribution in [0.4, 0.5) is 9.59 Å². The Morgan fingerprint density at radius 1 is 1.23 bits per heavy atom. The van der Waals surface area contributed by atoms with E-state index in [4.69, 9.17) is 9.84 Å². The Kier molecular flexibility index (Phi) is 7.72. The third-order valence-corrected chi connectivity index (χ3v) is 4.77. The number of carboxylic acid groups (broad SMARTS) is 1. The number of amides is 2. The number of likely N-dealkylation sites (N-methyl/N-ethyl adjacent to an activating group) is 1. The molecule has 0 unspecified atom stereocenters. The molecule has 0 bridgehead atoms. The largest absolute Gasteiger partial charge is 0.465 e. The average molecular weight is 364 g/mol. The molecule has 1 aliphatic rings. The Labute approximate surface area is 154 Å². The number of hydrogen-bond acceptors (Lipinski definition) is 4. The fraction of sp³-hybridized carbons (Fsp3) is 0.579. The van der Waals surface area contributed by atoms with Gasteiger partial charge in [-0.05, 0) is 43.6 Å². The minimum Gasteiger partial charge on any atom is -0.465 e. The number of aliphatic hydroxyl groups excluding tert-OH is 1. The quantitative estimate of drug-likeness (QED) is 0.691. The van der Waals surface area contributed by atoms with Crippen LogP contribution in [0.3, 0.4) is 0 Å². The first-order valence-electron chi connectivity index (χ1n) is 9.03. The summed E-state index contributed by atoms with van der Waals surface area (Å²) in [6.45, 7) is 0.431. The first kappa shape index (κ1) is 20.0. The number of hydrogen-bond donors (Lipinski definition) is 3. The molecule has 7 nitrogen and oxygen atoms in total. The number of carbonyl (C=O) groups excluding carboxylic acids is 1. The first-order valence-corrected chi connectivity index (χ1v) is 9.03. The topological polar surface area (TPSA) is 99.1 Å². The van der Waals surface area contributed by atoms with Gasteiger partial charge in [0, 0.05) is 13.6 Å². The summed E-state index contributed by atoms with van der Waals surface area (Å²) in [5, 5.41) is 21.2. The fourth-order valence-electron chi connectivity index (χ4n) is 3.37. The molecule has 26 heavy (non-hydrogen) atoms. The lowest BCUT2D eigenvalue weighted by atomic mass is 9.83. The molecule has 1 fully saturated rings. The fourth-order valence-corrected chi connectivity index (χ4v) is 3.37.